The first-order valence-electron chi connectivity index (χ1n) is 10.4. The molecule has 1 saturated carbocycles. The van der Waals surface area contributed by atoms with Gasteiger partial charge >= 0.3 is 5.97 Å². The smallest absolute Gasteiger partial charge is 0.307 e. The Morgan fingerprint density at radius 1 is 0.963 bits per heavy atom. The topological polar surface area (TPSA) is 37.3 Å². The number of hydrogen-bond acceptors (Lipinski definition) is 1. The van der Waals surface area contributed by atoms with E-state index in [1.54, 1.807) is 0 Å². The van der Waals surface area contributed by atoms with Crippen molar-refractivity contribution >= 4 is 5.97 Å². The molecule has 27 heavy (non-hydrogen) atoms. The van der Waals surface area contributed by atoms with E-state index in [0.29, 0.717) is 12.3 Å². The summed E-state index contributed by atoms with van der Waals surface area (Å²) in [5, 5.41) is 10.2. The molecule has 2 heteroatoms. The Morgan fingerprint density at radius 2 is 1.52 bits per heavy atom. The molecule has 0 aliphatic heterocycles. The molecule has 2 atom stereocenters. The Kier molecular flexibility index (Phi) is 6.71. The maximum Gasteiger partial charge on any atom is 0.307 e. The number of carboxylic acids is 1. The zero-order valence-electron chi connectivity index (χ0n) is 16.4. The molecule has 1 N–H and O–H groups in total. The summed E-state index contributed by atoms with van der Waals surface area (Å²) in [6, 6.07) is 20.7. The molecule has 2 aromatic rings. The van der Waals surface area contributed by atoms with Crippen molar-refractivity contribution in [1.29, 1.82) is 0 Å². The second-order valence-electron chi connectivity index (χ2n) is 8.41. The maximum absolute atomic E-state index is 12.4. The van der Waals surface area contributed by atoms with E-state index in [4.69, 9.17) is 0 Å². The second kappa shape index (κ2) is 9.21. The number of hydrogen-bond donors (Lipinski definition) is 1. The zero-order valence-corrected chi connectivity index (χ0v) is 16.4. The normalized spacial score (nSPS) is 18.6. The summed E-state index contributed by atoms with van der Waals surface area (Å²) in [5.74, 6) is -0.480. The van der Waals surface area contributed by atoms with Crippen molar-refractivity contribution in [3.63, 3.8) is 0 Å². The van der Waals surface area contributed by atoms with Crippen molar-refractivity contribution in [2.45, 2.75) is 58.3 Å². The zero-order chi connectivity index (χ0) is 19.1. The molecule has 1 aliphatic rings. The van der Waals surface area contributed by atoms with Gasteiger partial charge in [-0.3, -0.25) is 4.79 Å². The van der Waals surface area contributed by atoms with Crippen LogP contribution >= 0.6 is 0 Å². The lowest BCUT2D eigenvalue weighted by atomic mass is 9.59. The summed E-state index contributed by atoms with van der Waals surface area (Å²) in [4.78, 5) is 12.4. The van der Waals surface area contributed by atoms with Gasteiger partial charge in [0.05, 0.1) is 5.92 Å². The van der Waals surface area contributed by atoms with Crippen molar-refractivity contribution < 1.29 is 9.90 Å². The first-order valence-corrected chi connectivity index (χ1v) is 10.4. The average molecular weight is 365 g/mol. The summed E-state index contributed by atoms with van der Waals surface area (Å²) in [6.45, 7) is 2.26. The van der Waals surface area contributed by atoms with Gasteiger partial charge in [0.15, 0.2) is 0 Å². The van der Waals surface area contributed by atoms with E-state index in [2.05, 4.69) is 43.3 Å². The van der Waals surface area contributed by atoms with Crippen LogP contribution in [-0.4, -0.2) is 11.1 Å². The molecule has 0 saturated heterocycles. The van der Waals surface area contributed by atoms with E-state index >= 15 is 0 Å². The van der Waals surface area contributed by atoms with Gasteiger partial charge < -0.3 is 5.11 Å². The van der Waals surface area contributed by atoms with Gasteiger partial charge in [-0.2, -0.15) is 0 Å². The van der Waals surface area contributed by atoms with Crippen molar-refractivity contribution in [3.05, 3.63) is 71.8 Å². The monoisotopic (exact) mass is 364 g/mol. The highest BCUT2D eigenvalue weighted by molar-refractivity contribution is 5.71. The van der Waals surface area contributed by atoms with E-state index in [1.807, 2.05) is 24.3 Å². The fraction of sp³-hybridized carbons (Fsp3) is 0.480. The molecule has 3 rings (SSSR count). The van der Waals surface area contributed by atoms with Gasteiger partial charge in [0.2, 0.25) is 0 Å². The molecule has 0 spiro atoms. The SMILES string of the molecule is CC(CCc1ccccc1)(C1CCCCC1)C(Cc1ccccc1)C(=O)O. The van der Waals surface area contributed by atoms with Crippen LogP contribution in [0.1, 0.15) is 56.6 Å². The minimum atomic E-state index is -0.639. The number of carbonyl (C=O) groups is 1. The third-order valence-corrected chi connectivity index (χ3v) is 6.71. The molecule has 0 aromatic heterocycles. The predicted octanol–water partition coefficient (Wildman–Crippen LogP) is 6.15. The van der Waals surface area contributed by atoms with Gasteiger partial charge in [0.1, 0.15) is 0 Å². The van der Waals surface area contributed by atoms with Crippen LogP contribution in [0, 0.1) is 17.3 Å². The quantitative estimate of drug-likeness (QED) is 0.610. The minimum Gasteiger partial charge on any atom is -0.481 e. The van der Waals surface area contributed by atoms with Crippen LogP contribution in [0.3, 0.4) is 0 Å². The molecule has 0 heterocycles. The summed E-state index contributed by atoms with van der Waals surface area (Å²) >= 11 is 0. The van der Waals surface area contributed by atoms with Gasteiger partial charge in [-0.1, -0.05) is 86.8 Å². The molecule has 0 radical (unpaired) electrons. The minimum absolute atomic E-state index is 0.183. The molecule has 144 valence electrons. The van der Waals surface area contributed by atoms with Gasteiger partial charge in [0.25, 0.3) is 0 Å². The van der Waals surface area contributed by atoms with Gasteiger partial charge in [-0.15, -0.1) is 0 Å². The molecule has 0 amide bonds. The molecular weight excluding hydrogens is 332 g/mol. The average Bonchev–Trinajstić information content (AvgIpc) is 2.72. The van der Waals surface area contributed by atoms with E-state index in [1.165, 1.54) is 37.7 Å². The molecule has 0 bridgehead atoms. The molecular formula is C25H32O2. The van der Waals surface area contributed by atoms with Gasteiger partial charge in [0, 0.05) is 0 Å². The largest absolute Gasteiger partial charge is 0.481 e. The van der Waals surface area contributed by atoms with Crippen molar-refractivity contribution in [2.24, 2.45) is 17.3 Å². The highest BCUT2D eigenvalue weighted by atomic mass is 16.4. The standard InChI is InChI=1S/C25H32O2/c1-25(22-15-9-4-10-16-22,18-17-20-11-5-2-6-12-20)23(24(26)27)19-21-13-7-3-8-14-21/h2-3,5-8,11-14,22-23H,4,9-10,15-19H2,1H3,(H,26,27). The first-order chi connectivity index (χ1) is 13.1. The second-order valence-corrected chi connectivity index (χ2v) is 8.41. The Bertz CT molecular complexity index is 704. The van der Waals surface area contributed by atoms with E-state index in [9.17, 15) is 9.90 Å². The van der Waals surface area contributed by atoms with E-state index in [0.717, 1.165) is 18.4 Å². The Balaban J connectivity index is 1.86. The van der Waals surface area contributed by atoms with Gasteiger partial charge in [-0.25, -0.2) is 0 Å². The number of aliphatic carboxylic acids is 1. The van der Waals surface area contributed by atoms with Crippen LogP contribution < -0.4 is 0 Å². The van der Waals surface area contributed by atoms with Crippen LogP contribution in [0.15, 0.2) is 60.7 Å². The molecule has 2 aromatic carbocycles. The van der Waals surface area contributed by atoms with Crippen LogP contribution in [0.2, 0.25) is 0 Å². The number of carboxylic acid groups (broad SMARTS) is 1. The van der Waals surface area contributed by atoms with Crippen LogP contribution in [0.5, 0.6) is 0 Å². The third kappa shape index (κ3) is 5.00. The van der Waals surface area contributed by atoms with Gasteiger partial charge in [-0.05, 0) is 54.6 Å². The first kappa shape index (κ1) is 19.7. The molecule has 2 unspecified atom stereocenters. The van der Waals surface area contributed by atoms with E-state index < -0.39 is 5.97 Å². The summed E-state index contributed by atoms with van der Waals surface area (Å²) in [5.41, 5.74) is 2.26. The van der Waals surface area contributed by atoms with Crippen LogP contribution in [-0.2, 0) is 17.6 Å². The van der Waals surface area contributed by atoms with E-state index in [-0.39, 0.29) is 11.3 Å². The lowest BCUT2D eigenvalue weighted by molar-refractivity contribution is -0.149. The molecule has 1 aliphatic carbocycles. The van der Waals surface area contributed by atoms with Crippen LogP contribution in [0.4, 0.5) is 0 Å². The Hall–Kier alpha value is -2.09. The van der Waals surface area contributed by atoms with Crippen molar-refractivity contribution in [3.8, 4) is 0 Å². The maximum atomic E-state index is 12.4. The summed E-state index contributed by atoms with van der Waals surface area (Å²) in [6.07, 6.45) is 8.62. The highest BCUT2D eigenvalue weighted by Gasteiger charge is 2.44. The lowest BCUT2D eigenvalue weighted by Gasteiger charge is -2.44. The lowest BCUT2D eigenvalue weighted by Crippen LogP contribution is -2.42. The fourth-order valence-corrected chi connectivity index (χ4v) is 4.94. The Labute approximate surface area is 163 Å². The predicted molar refractivity (Wildman–Crippen MR) is 111 cm³/mol. The third-order valence-electron chi connectivity index (χ3n) is 6.71. The molecule has 1 fully saturated rings. The highest BCUT2D eigenvalue weighted by Crippen LogP contribution is 2.48. The number of benzene rings is 2. The van der Waals surface area contributed by atoms with Crippen molar-refractivity contribution in [2.75, 3.05) is 0 Å². The summed E-state index contributed by atoms with van der Waals surface area (Å²) in [7, 11) is 0. The number of rotatable bonds is 8. The number of aryl methyl sites for hydroxylation is 1. The summed E-state index contributed by atoms with van der Waals surface area (Å²) < 4.78 is 0. The Morgan fingerprint density at radius 3 is 2.07 bits per heavy atom. The van der Waals surface area contributed by atoms with Crippen molar-refractivity contribution in [1.82, 2.24) is 0 Å². The fourth-order valence-electron chi connectivity index (χ4n) is 4.94. The molecule has 2 nitrogen and oxygen atoms in total. The van der Waals surface area contributed by atoms with Crippen LogP contribution in [0.25, 0.3) is 0 Å².